The molecule has 0 atom stereocenters. The second-order valence-corrected chi connectivity index (χ2v) is 6.61. The van der Waals surface area contributed by atoms with Crippen molar-refractivity contribution in [2.75, 3.05) is 13.1 Å². The van der Waals surface area contributed by atoms with Crippen molar-refractivity contribution in [3.8, 4) is 0 Å². The average molecular weight is 285 g/mol. The zero-order chi connectivity index (χ0) is 14.7. The summed E-state index contributed by atoms with van der Waals surface area (Å²) in [5.74, 6) is 0. The zero-order valence-corrected chi connectivity index (χ0v) is 13.4. The van der Waals surface area contributed by atoms with Crippen LogP contribution in [0.15, 0.2) is 24.3 Å². The van der Waals surface area contributed by atoms with Crippen LogP contribution in [-0.2, 0) is 13.5 Å². The number of nitrogens with zero attached hydrogens (tertiary/aromatic N) is 2. The van der Waals surface area contributed by atoms with Crippen molar-refractivity contribution in [1.82, 2.24) is 15.1 Å². The smallest absolute Gasteiger partial charge is 0.0709 e. The lowest BCUT2D eigenvalue weighted by Crippen LogP contribution is -2.38. The van der Waals surface area contributed by atoms with E-state index in [2.05, 4.69) is 43.6 Å². The number of para-hydroxylation sites is 1. The Labute approximate surface area is 127 Å². The van der Waals surface area contributed by atoms with Gasteiger partial charge in [0, 0.05) is 19.0 Å². The lowest BCUT2D eigenvalue weighted by Gasteiger charge is -2.37. The van der Waals surface area contributed by atoms with Crippen LogP contribution in [0.2, 0.25) is 0 Å². The van der Waals surface area contributed by atoms with Crippen molar-refractivity contribution < 1.29 is 0 Å². The zero-order valence-electron chi connectivity index (χ0n) is 13.4. The lowest BCUT2D eigenvalue weighted by atomic mass is 9.71. The Hall–Kier alpha value is -1.35. The van der Waals surface area contributed by atoms with Gasteiger partial charge in [0.1, 0.15) is 0 Å². The van der Waals surface area contributed by atoms with Gasteiger partial charge in [0.2, 0.25) is 0 Å². The summed E-state index contributed by atoms with van der Waals surface area (Å²) in [6, 6.07) is 8.62. The van der Waals surface area contributed by atoms with Gasteiger partial charge < -0.3 is 5.32 Å². The van der Waals surface area contributed by atoms with E-state index in [4.69, 9.17) is 5.10 Å². The Morgan fingerprint density at radius 3 is 2.71 bits per heavy atom. The van der Waals surface area contributed by atoms with Crippen LogP contribution in [0.1, 0.15) is 44.7 Å². The van der Waals surface area contributed by atoms with Crippen LogP contribution in [0.5, 0.6) is 0 Å². The highest BCUT2D eigenvalue weighted by atomic mass is 15.3. The summed E-state index contributed by atoms with van der Waals surface area (Å²) in [6.45, 7) is 4.39. The fourth-order valence-corrected chi connectivity index (χ4v) is 3.88. The summed E-state index contributed by atoms with van der Waals surface area (Å²) in [5.41, 5.74) is 2.94. The molecule has 1 N–H and O–H groups in total. The molecule has 1 aliphatic rings. The molecule has 2 aromatic rings. The number of nitrogens with one attached hydrogen (secondary N) is 1. The van der Waals surface area contributed by atoms with Gasteiger partial charge in [-0.3, -0.25) is 4.68 Å². The summed E-state index contributed by atoms with van der Waals surface area (Å²) >= 11 is 0. The minimum Gasteiger partial charge on any atom is -0.316 e. The molecule has 1 aromatic heterocycles. The van der Waals surface area contributed by atoms with Gasteiger partial charge >= 0.3 is 0 Å². The molecular formula is C18H27N3. The predicted octanol–water partition coefficient (Wildman–Crippen LogP) is 3.68. The van der Waals surface area contributed by atoms with Crippen molar-refractivity contribution >= 4 is 10.9 Å². The molecule has 0 radical (unpaired) electrons. The summed E-state index contributed by atoms with van der Waals surface area (Å²) in [5, 5.41) is 9.76. The first-order chi connectivity index (χ1) is 10.2. The van der Waals surface area contributed by atoms with Crippen LogP contribution in [0.3, 0.4) is 0 Å². The third-order valence-electron chi connectivity index (χ3n) is 5.04. The van der Waals surface area contributed by atoms with E-state index >= 15 is 0 Å². The minimum absolute atomic E-state index is 0.408. The molecule has 3 rings (SSSR count). The third kappa shape index (κ3) is 2.98. The Balaban J connectivity index is 1.90. The summed E-state index contributed by atoms with van der Waals surface area (Å²) in [4.78, 5) is 0. The molecule has 1 heterocycles. The van der Waals surface area contributed by atoms with Crippen LogP contribution >= 0.6 is 0 Å². The van der Waals surface area contributed by atoms with Crippen molar-refractivity contribution in [3.05, 3.63) is 30.0 Å². The summed E-state index contributed by atoms with van der Waals surface area (Å²) in [6.07, 6.45) is 7.93. The molecule has 0 saturated heterocycles. The Morgan fingerprint density at radius 1 is 1.19 bits per heavy atom. The van der Waals surface area contributed by atoms with E-state index in [-0.39, 0.29) is 0 Å². The number of rotatable bonds is 5. The lowest BCUT2D eigenvalue weighted by molar-refractivity contribution is 0.180. The number of aryl methyl sites for hydroxylation is 1. The molecule has 0 bridgehead atoms. The van der Waals surface area contributed by atoms with Gasteiger partial charge in [0.15, 0.2) is 0 Å². The number of hydrogen-bond donors (Lipinski definition) is 1. The fraction of sp³-hybridized carbons (Fsp3) is 0.611. The summed E-state index contributed by atoms with van der Waals surface area (Å²) in [7, 11) is 2.06. The van der Waals surface area contributed by atoms with Crippen molar-refractivity contribution in [2.45, 2.75) is 45.4 Å². The van der Waals surface area contributed by atoms with Crippen molar-refractivity contribution in [1.29, 1.82) is 0 Å². The molecule has 1 aliphatic carbocycles. The molecule has 0 spiro atoms. The van der Waals surface area contributed by atoms with Crippen molar-refractivity contribution in [3.63, 3.8) is 0 Å². The molecule has 0 unspecified atom stereocenters. The first kappa shape index (κ1) is 14.6. The largest absolute Gasteiger partial charge is 0.316 e. The minimum atomic E-state index is 0.408. The Kier molecular flexibility index (Phi) is 4.29. The topological polar surface area (TPSA) is 29.9 Å². The number of fused-ring (bicyclic) bond motifs is 1. The SMILES string of the molecule is CCNCC1(Cc2nn(C)c3ccccc23)CCCCC1. The van der Waals surface area contributed by atoms with E-state index in [9.17, 15) is 0 Å². The van der Waals surface area contributed by atoms with Crippen LogP contribution in [0, 0.1) is 5.41 Å². The van der Waals surface area contributed by atoms with E-state index in [1.54, 1.807) is 0 Å². The molecule has 21 heavy (non-hydrogen) atoms. The second kappa shape index (κ2) is 6.18. The molecule has 3 nitrogen and oxygen atoms in total. The van der Waals surface area contributed by atoms with Gasteiger partial charge in [-0.1, -0.05) is 44.4 Å². The van der Waals surface area contributed by atoms with Gasteiger partial charge in [-0.25, -0.2) is 0 Å². The second-order valence-electron chi connectivity index (χ2n) is 6.61. The maximum absolute atomic E-state index is 4.83. The predicted molar refractivity (Wildman–Crippen MR) is 88.5 cm³/mol. The highest BCUT2D eigenvalue weighted by molar-refractivity contribution is 5.81. The molecule has 114 valence electrons. The quantitative estimate of drug-likeness (QED) is 0.908. The van der Waals surface area contributed by atoms with E-state index in [1.165, 1.54) is 48.7 Å². The Morgan fingerprint density at radius 2 is 1.95 bits per heavy atom. The van der Waals surface area contributed by atoms with E-state index in [0.717, 1.165) is 19.5 Å². The van der Waals surface area contributed by atoms with E-state index in [0.29, 0.717) is 5.41 Å². The monoisotopic (exact) mass is 285 g/mol. The van der Waals surface area contributed by atoms with Gasteiger partial charge in [0.05, 0.1) is 11.2 Å². The van der Waals surface area contributed by atoms with Gasteiger partial charge in [-0.05, 0) is 37.3 Å². The molecule has 3 heteroatoms. The first-order valence-corrected chi connectivity index (χ1v) is 8.35. The highest BCUT2D eigenvalue weighted by Crippen LogP contribution is 2.39. The molecule has 0 amide bonds. The third-order valence-corrected chi connectivity index (χ3v) is 5.04. The molecule has 0 aliphatic heterocycles. The van der Waals surface area contributed by atoms with E-state index in [1.807, 2.05) is 4.68 Å². The molecule has 1 saturated carbocycles. The maximum Gasteiger partial charge on any atom is 0.0709 e. The Bertz CT molecular complexity index is 594. The van der Waals surface area contributed by atoms with Gasteiger partial charge in [-0.2, -0.15) is 5.10 Å². The number of benzene rings is 1. The van der Waals surface area contributed by atoms with Crippen LogP contribution in [-0.4, -0.2) is 22.9 Å². The van der Waals surface area contributed by atoms with Gasteiger partial charge in [0.25, 0.3) is 0 Å². The maximum atomic E-state index is 4.83. The summed E-state index contributed by atoms with van der Waals surface area (Å²) < 4.78 is 2.04. The van der Waals surface area contributed by atoms with Crippen LogP contribution < -0.4 is 5.32 Å². The fourth-order valence-electron chi connectivity index (χ4n) is 3.88. The average Bonchev–Trinajstić information content (AvgIpc) is 2.83. The normalized spacial score (nSPS) is 18.2. The molecular weight excluding hydrogens is 258 g/mol. The van der Waals surface area contributed by atoms with Crippen molar-refractivity contribution in [2.24, 2.45) is 12.5 Å². The van der Waals surface area contributed by atoms with E-state index < -0.39 is 0 Å². The molecule has 1 aromatic carbocycles. The van der Waals surface area contributed by atoms with Crippen LogP contribution in [0.4, 0.5) is 0 Å². The highest BCUT2D eigenvalue weighted by Gasteiger charge is 2.33. The first-order valence-electron chi connectivity index (χ1n) is 8.35. The standard InChI is InChI=1S/C18H27N3/c1-3-19-14-18(11-7-4-8-12-18)13-16-15-9-5-6-10-17(15)21(2)20-16/h5-6,9-10,19H,3-4,7-8,11-14H2,1-2H3. The number of aromatic nitrogens is 2. The molecule has 1 fully saturated rings. The number of hydrogen-bond acceptors (Lipinski definition) is 2. The van der Waals surface area contributed by atoms with Crippen LogP contribution in [0.25, 0.3) is 10.9 Å². The van der Waals surface area contributed by atoms with Gasteiger partial charge in [-0.15, -0.1) is 0 Å².